The van der Waals surface area contributed by atoms with E-state index in [1.54, 1.807) is 7.11 Å². The average Bonchev–Trinajstić information content (AvgIpc) is 2.63. The van der Waals surface area contributed by atoms with Crippen molar-refractivity contribution in [2.24, 2.45) is 10.8 Å². The van der Waals surface area contributed by atoms with Gasteiger partial charge < -0.3 is 14.9 Å². The van der Waals surface area contributed by atoms with E-state index in [9.17, 15) is 4.79 Å². The van der Waals surface area contributed by atoms with Crippen molar-refractivity contribution in [2.75, 3.05) is 14.2 Å². The predicted octanol–water partition coefficient (Wildman–Crippen LogP) is 5.88. The van der Waals surface area contributed by atoms with E-state index in [-0.39, 0.29) is 16.8 Å². The van der Waals surface area contributed by atoms with Gasteiger partial charge in [0, 0.05) is 0 Å². The molecule has 0 fully saturated rings. The molecule has 0 amide bonds. The normalized spacial score (nSPS) is 11.3. The molecule has 1 N–H and O–H groups in total. The number of carbonyl (C=O) groups is 1. The number of rotatable bonds is 6. The van der Waals surface area contributed by atoms with Crippen LogP contribution in [-0.4, -0.2) is 26.9 Å². The third kappa shape index (κ3) is 6.47. The molecule has 0 saturated heterocycles. The Hall–Kier alpha value is -1.84. The Labute approximate surface area is 160 Å². The van der Waals surface area contributed by atoms with E-state index >= 15 is 0 Å². The van der Waals surface area contributed by atoms with Gasteiger partial charge in [0.25, 0.3) is 0 Å². The molecule has 0 saturated carbocycles. The van der Waals surface area contributed by atoms with Crippen molar-refractivity contribution < 1.29 is 14.3 Å². The lowest BCUT2D eigenvalue weighted by molar-refractivity contribution is -0.158. The lowest BCUT2D eigenvalue weighted by atomic mass is 9.60. The zero-order valence-electron chi connectivity index (χ0n) is 18.4. The second-order valence-corrected chi connectivity index (χ2v) is 7.79. The third-order valence-electron chi connectivity index (χ3n) is 5.14. The van der Waals surface area contributed by atoms with Crippen LogP contribution in [0.5, 0.6) is 5.75 Å². The van der Waals surface area contributed by atoms with Crippen molar-refractivity contribution in [3.63, 3.8) is 0 Å². The van der Waals surface area contributed by atoms with Gasteiger partial charge in [-0.2, -0.15) is 0 Å². The SMILES string of the molecule is C=N.CC.COC(=O)C(C)(C)C(C)(C)CC(C)(C)c1ccc(OC)cc1. The highest BCUT2D eigenvalue weighted by molar-refractivity contribution is 5.76. The number of methoxy groups -OCH3 is 2. The van der Waals surface area contributed by atoms with Crippen LogP contribution in [0, 0.1) is 16.2 Å². The van der Waals surface area contributed by atoms with E-state index < -0.39 is 5.41 Å². The second-order valence-electron chi connectivity index (χ2n) is 7.79. The number of esters is 1. The van der Waals surface area contributed by atoms with Gasteiger partial charge in [0.15, 0.2) is 0 Å². The van der Waals surface area contributed by atoms with Crippen LogP contribution in [0.1, 0.15) is 67.4 Å². The highest BCUT2D eigenvalue weighted by Gasteiger charge is 2.46. The molecule has 1 aromatic carbocycles. The number of hydrogen-bond donors (Lipinski definition) is 1. The topological polar surface area (TPSA) is 59.4 Å². The lowest BCUT2D eigenvalue weighted by Gasteiger charge is -2.44. The van der Waals surface area contributed by atoms with Gasteiger partial charge in [0.2, 0.25) is 0 Å². The van der Waals surface area contributed by atoms with Crippen molar-refractivity contribution >= 4 is 12.7 Å². The van der Waals surface area contributed by atoms with Crippen LogP contribution < -0.4 is 4.74 Å². The van der Waals surface area contributed by atoms with Crippen molar-refractivity contribution in [1.29, 1.82) is 5.41 Å². The summed E-state index contributed by atoms with van der Waals surface area (Å²) < 4.78 is 10.2. The molecule has 0 atom stereocenters. The quantitative estimate of drug-likeness (QED) is 0.506. The first kappa shape index (κ1) is 26.4. The van der Waals surface area contributed by atoms with E-state index in [1.807, 2.05) is 39.8 Å². The summed E-state index contributed by atoms with van der Waals surface area (Å²) in [7, 11) is 3.12. The largest absolute Gasteiger partial charge is 0.497 e. The Bertz CT molecular complexity index is 531. The summed E-state index contributed by atoms with van der Waals surface area (Å²) in [4.78, 5) is 12.1. The molecule has 1 rings (SSSR count). The van der Waals surface area contributed by atoms with Crippen LogP contribution in [0.15, 0.2) is 24.3 Å². The zero-order chi connectivity index (χ0) is 21.2. The first-order chi connectivity index (χ1) is 12.0. The van der Waals surface area contributed by atoms with Gasteiger partial charge in [-0.15, -0.1) is 0 Å². The summed E-state index contributed by atoms with van der Waals surface area (Å²) in [5, 5.41) is 5.50. The maximum atomic E-state index is 12.1. The van der Waals surface area contributed by atoms with Gasteiger partial charge in [-0.25, -0.2) is 0 Å². The van der Waals surface area contributed by atoms with E-state index in [4.69, 9.17) is 14.9 Å². The molecule has 0 aromatic heterocycles. The Kier molecular flexibility index (Phi) is 11.2. The standard InChI is InChI=1S/C19H30O3.C2H6.CH3N/c1-17(2,14-9-11-15(21-7)12-10-14)13-18(3,4)19(5,6)16(20)22-8;2*1-2/h9-12H,13H2,1-8H3;1-2H3;2H,1H2. The number of benzene rings is 1. The van der Waals surface area contributed by atoms with Crippen LogP contribution in [0.2, 0.25) is 0 Å². The highest BCUT2D eigenvalue weighted by atomic mass is 16.5. The maximum absolute atomic E-state index is 12.1. The summed E-state index contributed by atoms with van der Waals surface area (Å²) >= 11 is 0. The third-order valence-corrected chi connectivity index (χ3v) is 5.14. The highest BCUT2D eigenvalue weighted by Crippen LogP contribution is 2.48. The molecule has 0 spiro atoms. The van der Waals surface area contributed by atoms with E-state index in [1.165, 1.54) is 12.7 Å². The summed E-state index contributed by atoms with van der Waals surface area (Å²) in [5.41, 5.74) is 0.429. The average molecular weight is 366 g/mol. The van der Waals surface area contributed by atoms with Crippen LogP contribution >= 0.6 is 0 Å². The molecule has 0 radical (unpaired) electrons. The number of nitrogens with one attached hydrogen (secondary N) is 1. The molecule has 1 aromatic rings. The molecule has 0 aliphatic heterocycles. The summed E-state index contributed by atoms with van der Waals surface area (Å²) in [6, 6.07) is 8.16. The Morgan fingerprint density at radius 2 is 1.38 bits per heavy atom. The van der Waals surface area contributed by atoms with Gasteiger partial charge in [-0.05, 0) is 55.5 Å². The molecule has 150 valence electrons. The fraction of sp³-hybridized carbons (Fsp3) is 0.636. The van der Waals surface area contributed by atoms with Gasteiger partial charge >= 0.3 is 5.97 Å². The molecule has 0 unspecified atom stereocenters. The molecule has 0 aliphatic rings. The van der Waals surface area contributed by atoms with Crippen molar-refractivity contribution in [3.05, 3.63) is 29.8 Å². The lowest BCUT2D eigenvalue weighted by Crippen LogP contribution is -2.43. The fourth-order valence-corrected chi connectivity index (χ4v) is 3.00. The Morgan fingerprint density at radius 3 is 1.73 bits per heavy atom. The number of hydrogen-bond acceptors (Lipinski definition) is 4. The summed E-state index contributed by atoms with van der Waals surface area (Å²) in [6.07, 6.45) is 0.869. The smallest absolute Gasteiger partial charge is 0.311 e. The Balaban J connectivity index is 0. The molecule has 4 nitrogen and oxygen atoms in total. The van der Waals surface area contributed by atoms with Gasteiger partial charge in [0.1, 0.15) is 5.75 Å². The summed E-state index contributed by atoms with van der Waals surface area (Å²) in [5.74, 6) is 0.691. The Morgan fingerprint density at radius 1 is 0.962 bits per heavy atom. The van der Waals surface area contributed by atoms with Gasteiger partial charge in [-0.1, -0.05) is 53.7 Å². The summed E-state index contributed by atoms with van der Waals surface area (Å²) in [6.45, 7) is 19.1. The van der Waals surface area contributed by atoms with E-state index in [0.29, 0.717) is 0 Å². The molecular formula is C22H39NO3. The maximum Gasteiger partial charge on any atom is 0.311 e. The monoisotopic (exact) mass is 365 g/mol. The minimum atomic E-state index is -0.550. The first-order valence-electron chi connectivity index (χ1n) is 9.06. The van der Waals surface area contributed by atoms with Crippen LogP contribution in [0.4, 0.5) is 0 Å². The van der Waals surface area contributed by atoms with Gasteiger partial charge in [-0.3, -0.25) is 4.79 Å². The van der Waals surface area contributed by atoms with Crippen molar-refractivity contribution in [1.82, 2.24) is 0 Å². The molecule has 26 heavy (non-hydrogen) atoms. The van der Waals surface area contributed by atoms with Crippen LogP contribution in [-0.2, 0) is 14.9 Å². The molecule has 0 bridgehead atoms. The first-order valence-corrected chi connectivity index (χ1v) is 9.06. The minimum Gasteiger partial charge on any atom is -0.497 e. The fourth-order valence-electron chi connectivity index (χ4n) is 3.00. The van der Waals surface area contributed by atoms with Gasteiger partial charge in [0.05, 0.1) is 19.6 Å². The van der Waals surface area contributed by atoms with Crippen molar-refractivity contribution in [2.45, 2.75) is 67.2 Å². The minimum absolute atomic E-state index is 0.0545. The molecule has 0 heterocycles. The second kappa shape index (κ2) is 11.0. The zero-order valence-corrected chi connectivity index (χ0v) is 18.4. The van der Waals surface area contributed by atoms with E-state index in [2.05, 4.69) is 46.5 Å². The molecule has 4 heteroatoms. The predicted molar refractivity (Wildman–Crippen MR) is 111 cm³/mol. The molecular weight excluding hydrogens is 326 g/mol. The van der Waals surface area contributed by atoms with Crippen LogP contribution in [0.3, 0.4) is 0 Å². The number of carbonyl (C=O) groups excluding carboxylic acids is 1. The van der Waals surface area contributed by atoms with E-state index in [0.717, 1.165) is 12.2 Å². The number of ether oxygens (including phenoxy) is 2. The van der Waals surface area contributed by atoms with Crippen LogP contribution in [0.25, 0.3) is 0 Å². The van der Waals surface area contributed by atoms with Crippen molar-refractivity contribution in [3.8, 4) is 5.75 Å². The molecule has 0 aliphatic carbocycles.